The number of anilines is 1. The van der Waals surface area contributed by atoms with Gasteiger partial charge >= 0.3 is 5.69 Å². The molecule has 0 aromatic carbocycles. The van der Waals surface area contributed by atoms with Gasteiger partial charge in [0.05, 0.1) is 19.3 Å². The van der Waals surface area contributed by atoms with Gasteiger partial charge in [-0.2, -0.15) is 4.98 Å². The molecule has 4 N–H and O–H groups in total. The highest BCUT2D eigenvalue weighted by atomic mass is 16.5. The number of hydrogen-bond donors (Lipinski definition) is 3. The van der Waals surface area contributed by atoms with E-state index in [4.69, 9.17) is 10.5 Å². The minimum absolute atomic E-state index is 0.119. The van der Waals surface area contributed by atoms with E-state index < -0.39 is 23.4 Å². The van der Waals surface area contributed by atoms with Crippen molar-refractivity contribution in [3.63, 3.8) is 0 Å². The van der Waals surface area contributed by atoms with Gasteiger partial charge in [0.1, 0.15) is 12.0 Å². The van der Waals surface area contributed by atoms with Crippen LogP contribution in [0, 0.1) is 5.41 Å². The standard InChI is InChI=1S/C11H17N3O4/c1-11(6-16)4-9(18-7(11)5-15)14-3-2-8(12)13-10(14)17/h2-3,7,9,15-16H,4-6H2,1H3,(H2,12,13,17)/t7-,9-,11?/m1/s1. The zero-order valence-electron chi connectivity index (χ0n) is 10.1. The second-order valence-corrected chi connectivity index (χ2v) is 4.82. The highest BCUT2D eigenvalue weighted by Gasteiger charge is 2.45. The second-order valence-electron chi connectivity index (χ2n) is 4.82. The molecular formula is C11H17N3O4. The van der Waals surface area contributed by atoms with Crippen molar-refractivity contribution in [3.8, 4) is 0 Å². The molecule has 0 radical (unpaired) electrons. The van der Waals surface area contributed by atoms with E-state index in [1.54, 1.807) is 0 Å². The lowest BCUT2D eigenvalue weighted by atomic mass is 9.84. The zero-order valence-corrected chi connectivity index (χ0v) is 10.1. The van der Waals surface area contributed by atoms with Crippen molar-refractivity contribution < 1.29 is 14.9 Å². The van der Waals surface area contributed by atoms with E-state index in [0.717, 1.165) is 0 Å². The zero-order chi connectivity index (χ0) is 13.3. The van der Waals surface area contributed by atoms with Gasteiger partial charge in [-0.05, 0) is 6.07 Å². The van der Waals surface area contributed by atoms with Crippen molar-refractivity contribution in [2.45, 2.75) is 25.7 Å². The average Bonchev–Trinajstić information content (AvgIpc) is 2.67. The lowest BCUT2D eigenvalue weighted by Gasteiger charge is -2.25. The topological polar surface area (TPSA) is 111 Å². The van der Waals surface area contributed by atoms with Gasteiger partial charge in [0.25, 0.3) is 0 Å². The maximum Gasteiger partial charge on any atom is 0.351 e. The minimum Gasteiger partial charge on any atom is -0.396 e. The van der Waals surface area contributed by atoms with E-state index in [9.17, 15) is 15.0 Å². The second kappa shape index (κ2) is 4.68. The van der Waals surface area contributed by atoms with Crippen LogP contribution < -0.4 is 11.4 Å². The third-order valence-corrected chi connectivity index (χ3v) is 3.43. The molecule has 100 valence electrons. The molecule has 7 nitrogen and oxygen atoms in total. The fraction of sp³-hybridized carbons (Fsp3) is 0.636. The summed E-state index contributed by atoms with van der Waals surface area (Å²) in [6.45, 7) is 1.49. The Hall–Kier alpha value is -1.44. The quantitative estimate of drug-likeness (QED) is 0.646. The van der Waals surface area contributed by atoms with E-state index >= 15 is 0 Å². The molecule has 1 saturated heterocycles. The number of aromatic nitrogens is 2. The molecule has 1 aromatic rings. The van der Waals surface area contributed by atoms with E-state index in [1.807, 2.05) is 6.92 Å². The lowest BCUT2D eigenvalue weighted by molar-refractivity contribution is -0.0541. The molecule has 0 bridgehead atoms. The van der Waals surface area contributed by atoms with Crippen LogP contribution in [0.4, 0.5) is 5.82 Å². The van der Waals surface area contributed by atoms with Crippen LogP contribution in [-0.2, 0) is 4.74 Å². The molecule has 0 spiro atoms. The number of ether oxygens (including phenoxy) is 1. The van der Waals surface area contributed by atoms with Gasteiger partial charge in [-0.25, -0.2) is 4.79 Å². The number of rotatable bonds is 3. The van der Waals surface area contributed by atoms with Gasteiger partial charge < -0.3 is 20.7 Å². The van der Waals surface area contributed by atoms with Crippen molar-refractivity contribution >= 4 is 5.82 Å². The number of aliphatic hydroxyl groups is 2. The fourth-order valence-electron chi connectivity index (χ4n) is 2.17. The van der Waals surface area contributed by atoms with Crippen molar-refractivity contribution in [3.05, 3.63) is 22.7 Å². The highest BCUT2D eigenvalue weighted by Crippen LogP contribution is 2.42. The predicted molar refractivity (Wildman–Crippen MR) is 63.7 cm³/mol. The third kappa shape index (κ3) is 2.12. The van der Waals surface area contributed by atoms with E-state index in [1.165, 1.54) is 16.8 Å². The first kappa shape index (κ1) is 13.0. The SMILES string of the molecule is CC1(CO)C[C@H](n2ccc(N)nc2=O)O[C@@H]1CO. The van der Waals surface area contributed by atoms with Gasteiger partial charge in [-0.3, -0.25) is 4.57 Å². The molecule has 1 fully saturated rings. The van der Waals surface area contributed by atoms with Crippen LogP contribution in [0.1, 0.15) is 19.6 Å². The van der Waals surface area contributed by atoms with Crippen LogP contribution in [0.15, 0.2) is 17.1 Å². The van der Waals surface area contributed by atoms with E-state index in [-0.39, 0.29) is 19.0 Å². The largest absolute Gasteiger partial charge is 0.396 e. The maximum atomic E-state index is 11.7. The molecule has 3 atom stereocenters. The van der Waals surface area contributed by atoms with E-state index in [0.29, 0.717) is 6.42 Å². The Kier molecular flexibility index (Phi) is 3.38. The van der Waals surface area contributed by atoms with Crippen LogP contribution in [0.25, 0.3) is 0 Å². The Morgan fingerprint density at radius 2 is 2.39 bits per heavy atom. The monoisotopic (exact) mass is 255 g/mol. The smallest absolute Gasteiger partial charge is 0.351 e. The Morgan fingerprint density at radius 1 is 1.67 bits per heavy atom. The maximum absolute atomic E-state index is 11.7. The molecule has 0 aliphatic carbocycles. The van der Waals surface area contributed by atoms with E-state index in [2.05, 4.69) is 4.98 Å². The molecule has 0 saturated carbocycles. The molecule has 0 amide bonds. The molecule has 1 aliphatic rings. The summed E-state index contributed by atoms with van der Waals surface area (Å²) in [6, 6.07) is 1.51. The predicted octanol–water partition coefficient (Wildman–Crippen LogP) is -0.896. The summed E-state index contributed by atoms with van der Waals surface area (Å²) in [5, 5.41) is 18.6. The van der Waals surface area contributed by atoms with Crippen molar-refractivity contribution in [2.24, 2.45) is 5.41 Å². The number of nitrogens with zero attached hydrogens (tertiary/aromatic N) is 2. The number of nitrogens with two attached hydrogens (primary N) is 1. The lowest BCUT2D eigenvalue weighted by Crippen LogP contribution is -2.34. The first-order valence-electron chi connectivity index (χ1n) is 5.72. The van der Waals surface area contributed by atoms with Gasteiger partial charge in [0, 0.05) is 18.0 Å². The third-order valence-electron chi connectivity index (χ3n) is 3.43. The summed E-state index contributed by atoms with van der Waals surface area (Å²) in [5.41, 5.74) is 4.34. The summed E-state index contributed by atoms with van der Waals surface area (Å²) in [4.78, 5) is 15.3. The van der Waals surface area contributed by atoms with Crippen LogP contribution in [0.2, 0.25) is 0 Å². The molecular weight excluding hydrogens is 238 g/mol. The average molecular weight is 255 g/mol. The summed E-state index contributed by atoms with van der Waals surface area (Å²) >= 11 is 0. The Balaban J connectivity index is 2.29. The molecule has 1 unspecified atom stereocenters. The summed E-state index contributed by atoms with van der Waals surface area (Å²) < 4.78 is 6.92. The minimum atomic E-state index is -0.569. The number of hydrogen-bond acceptors (Lipinski definition) is 6. The Bertz CT molecular complexity index is 489. The van der Waals surface area contributed by atoms with Crippen molar-refractivity contribution in [1.29, 1.82) is 0 Å². The highest BCUT2D eigenvalue weighted by molar-refractivity contribution is 5.23. The van der Waals surface area contributed by atoms with Crippen LogP contribution in [-0.4, -0.2) is 39.1 Å². The number of aliphatic hydroxyl groups excluding tert-OH is 2. The molecule has 2 heterocycles. The number of nitrogen functional groups attached to an aromatic ring is 1. The van der Waals surface area contributed by atoms with Crippen LogP contribution >= 0.6 is 0 Å². The summed E-state index contributed by atoms with van der Waals surface area (Å²) in [6.07, 6.45) is 0.893. The van der Waals surface area contributed by atoms with Gasteiger partial charge in [0.15, 0.2) is 0 Å². The molecule has 18 heavy (non-hydrogen) atoms. The molecule has 1 aliphatic heterocycles. The van der Waals surface area contributed by atoms with Crippen LogP contribution in [0.3, 0.4) is 0 Å². The molecule has 2 rings (SSSR count). The summed E-state index contributed by atoms with van der Waals surface area (Å²) in [5.74, 6) is 0.151. The first-order valence-corrected chi connectivity index (χ1v) is 5.72. The fourth-order valence-corrected chi connectivity index (χ4v) is 2.17. The molecule has 7 heteroatoms. The first-order chi connectivity index (χ1) is 8.50. The normalized spacial score (nSPS) is 31.7. The molecule has 1 aromatic heterocycles. The van der Waals surface area contributed by atoms with Crippen molar-refractivity contribution in [1.82, 2.24) is 9.55 Å². The van der Waals surface area contributed by atoms with Crippen molar-refractivity contribution in [2.75, 3.05) is 18.9 Å². The van der Waals surface area contributed by atoms with Gasteiger partial charge in [-0.1, -0.05) is 6.92 Å². The van der Waals surface area contributed by atoms with Gasteiger partial charge in [0.2, 0.25) is 0 Å². The Labute approximate surface area is 104 Å². The summed E-state index contributed by atoms with van der Waals surface area (Å²) in [7, 11) is 0. The van der Waals surface area contributed by atoms with Crippen LogP contribution in [0.5, 0.6) is 0 Å². The Morgan fingerprint density at radius 3 is 2.89 bits per heavy atom. The van der Waals surface area contributed by atoms with Gasteiger partial charge in [-0.15, -0.1) is 0 Å².